The van der Waals surface area contributed by atoms with Crippen molar-refractivity contribution in [3.8, 4) is 11.5 Å². The molecular weight excluding hydrogens is 584 g/mol. The van der Waals surface area contributed by atoms with Crippen LogP contribution >= 0.6 is 0 Å². The van der Waals surface area contributed by atoms with Crippen molar-refractivity contribution in [2.45, 2.75) is 72.6 Å². The second-order valence-corrected chi connectivity index (χ2v) is 13.6. The number of likely N-dealkylation sites (N-methyl/N-ethyl adjacent to an activating group) is 1. The van der Waals surface area contributed by atoms with Crippen LogP contribution in [0.3, 0.4) is 0 Å². The van der Waals surface area contributed by atoms with Gasteiger partial charge in [-0.05, 0) is 118 Å². The first-order valence-electron chi connectivity index (χ1n) is 15.2. The summed E-state index contributed by atoms with van der Waals surface area (Å²) >= 11 is 0. The minimum absolute atomic E-state index is 0.133. The maximum atomic E-state index is 13.4. The lowest BCUT2D eigenvalue weighted by Crippen LogP contribution is -2.40. The van der Waals surface area contributed by atoms with Crippen LogP contribution in [-0.2, 0) is 28.0 Å². The van der Waals surface area contributed by atoms with Crippen molar-refractivity contribution < 1.29 is 22.7 Å². The number of carbonyl (C=O) groups is 1. The molecule has 0 saturated heterocycles. The topological polar surface area (TPSA) is 76.2 Å². The summed E-state index contributed by atoms with van der Waals surface area (Å²) in [6.45, 7) is 15.1. The van der Waals surface area contributed by atoms with E-state index >= 15 is 0 Å². The summed E-state index contributed by atoms with van der Waals surface area (Å²) in [6.07, 6.45) is -0.730. The second kappa shape index (κ2) is 14.2. The van der Waals surface area contributed by atoms with E-state index in [0.29, 0.717) is 31.1 Å². The van der Waals surface area contributed by atoms with Gasteiger partial charge < -0.3 is 14.4 Å². The molecule has 238 valence electrons. The van der Waals surface area contributed by atoms with E-state index < -0.39 is 16.1 Å². The molecule has 1 amide bonds. The monoisotopic (exact) mass is 628 g/mol. The molecule has 1 atom stereocenters. The van der Waals surface area contributed by atoms with Gasteiger partial charge in [-0.15, -0.1) is 0 Å². The van der Waals surface area contributed by atoms with Gasteiger partial charge in [0.15, 0.2) is 6.10 Å². The van der Waals surface area contributed by atoms with E-state index in [1.807, 2.05) is 40.7 Å². The number of nitrogens with zero attached hydrogens (tertiary/aromatic N) is 2. The SMILES string of the molecule is CCN(Cc1cc(C)c(OCc2ccc(C)cc2)c(C)c1)C(=O)C(C)Oc1ccc(N(C)S(=O)(=O)c2ccc(C)c(C)c2)cc1. The molecule has 7 nitrogen and oxygen atoms in total. The Bertz CT molecular complexity index is 1730. The number of carbonyl (C=O) groups excluding carboxylic acids is 1. The van der Waals surface area contributed by atoms with Gasteiger partial charge in [0.05, 0.1) is 10.6 Å². The summed E-state index contributed by atoms with van der Waals surface area (Å²) in [6, 6.07) is 24.3. The van der Waals surface area contributed by atoms with Crippen LogP contribution in [0, 0.1) is 34.6 Å². The summed E-state index contributed by atoms with van der Waals surface area (Å²) in [7, 11) is -2.20. The molecule has 8 heteroatoms. The van der Waals surface area contributed by atoms with Crippen molar-refractivity contribution in [2.75, 3.05) is 17.9 Å². The molecule has 0 heterocycles. The zero-order valence-electron chi connectivity index (χ0n) is 27.5. The van der Waals surface area contributed by atoms with Gasteiger partial charge in [-0.2, -0.15) is 0 Å². The third kappa shape index (κ3) is 8.05. The van der Waals surface area contributed by atoms with Crippen LogP contribution in [0.15, 0.2) is 83.8 Å². The predicted molar refractivity (Wildman–Crippen MR) is 181 cm³/mol. The van der Waals surface area contributed by atoms with E-state index in [9.17, 15) is 13.2 Å². The minimum atomic E-state index is -3.73. The largest absolute Gasteiger partial charge is 0.488 e. The predicted octanol–water partition coefficient (Wildman–Crippen LogP) is 7.45. The zero-order chi connectivity index (χ0) is 32.9. The Labute approximate surface area is 268 Å². The molecule has 4 aromatic carbocycles. The van der Waals surface area contributed by atoms with Crippen molar-refractivity contribution in [2.24, 2.45) is 0 Å². The average Bonchev–Trinajstić information content (AvgIpc) is 3.01. The van der Waals surface area contributed by atoms with Gasteiger partial charge in [0, 0.05) is 20.1 Å². The van der Waals surface area contributed by atoms with Crippen LogP contribution in [0.4, 0.5) is 5.69 Å². The van der Waals surface area contributed by atoms with Crippen molar-refractivity contribution in [1.82, 2.24) is 4.90 Å². The molecule has 0 aromatic heterocycles. The number of aryl methyl sites for hydroxylation is 5. The van der Waals surface area contributed by atoms with Gasteiger partial charge in [-0.1, -0.05) is 48.0 Å². The quantitative estimate of drug-likeness (QED) is 0.163. The molecule has 0 bridgehead atoms. The number of anilines is 1. The van der Waals surface area contributed by atoms with Crippen molar-refractivity contribution in [1.29, 1.82) is 0 Å². The number of rotatable bonds is 12. The van der Waals surface area contributed by atoms with Gasteiger partial charge in [0.1, 0.15) is 18.1 Å². The molecule has 0 fully saturated rings. The fourth-order valence-corrected chi connectivity index (χ4v) is 6.46. The molecule has 0 saturated carbocycles. The van der Waals surface area contributed by atoms with E-state index in [1.165, 1.54) is 16.9 Å². The van der Waals surface area contributed by atoms with Crippen LogP contribution in [0.25, 0.3) is 0 Å². The number of benzene rings is 4. The van der Waals surface area contributed by atoms with Gasteiger partial charge in [0.2, 0.25) is 0 Å². The Balaban J connectivity index is 1.38. The highest BCUT2D eigenvalue weighted by Crippen LogP contribution is 2.28. The molecule has 1 unspecified atom stereocenters. The number of amides is 1. The first-order chi connectivity index (χ1) is 21.3. The molecule has 0 aliphatic rings. The Kier molecular flexibility index (Phi) is 10.6. The number of hydrogen-bond donors (Lipinski definition) is 0. The normalized spacial score (nSPS) is 12.0. The average molecular weight is 629 g/mol. The van der Waals surface area contributed by atoms with E-state index in [-0.39, 0.29) is 10.8 Å². The molecular formula is C37H44N2O5S. The van der Waals surface area contributed by atoms with Gasteiger partial charge in [-0.25, -0.2) is 8.42 Å². The van der Waals surface area contributed by atoms with Gasteiger partial charge in [0.25, 0.3) is 15.9 Å². The van der Waals surface area contributed by atoms with E-state index in [2.05, 4.69) is 43.3 Å². The number of hydrogen-bond acceptors (Lipinski definition) is 5. The number of sulfonamides is 1. The highest BCUT2D eigenvalue weighted by Gasteiger charge is 2.24. The Morgan fingerprint density at radius 2 is 1.40 bits per heavy atom. The fraction of sp³-hybridized carbons (Fsp3) is 0.324. The maximum absolute atomic E-state index is 13.4. The Hall–Kier alpha value is -4.30. The molecule has 0 spiro atoms. The zero-order valence-corrected chi connectivity index (χ0v) is 28.4. The molecule has 4 aromatic rings. The molecule has 4 rings (SSSR count). The molecule has 45 heavy (non-hydrogen) atoms. The smallest absolute Gasteiger partial charge is 0.264 e. The highest BCUT2D eigenvalue weighted by molar-refractivity contribution is 7.92. The molecule has 0 N–H and O–H groups in total. The van der Waals surface area contributed by atoms with E-state index in [4.69, 9.17) is 9.47 Å². The van der Waals surface area contributed by atoms with Crippen molar-refractivity contribution >= 4 is 21.6 Å². The molecule has 0 radical (unpaired) electrons. The Morgan fingerprint density at radius 3 is 1.98 bits per heavy atom. The maximum Gasteiger partial charge on any atom is 0.264 e. The number of ether oxygens (including phenoxy) is 2. The van der Waals surface area contributed by atoms with Gasteiger partial charge in [-0.3, -0.25) is 9.10 Å². The summed E-state index contributed by atoms with van der Waals surface area (Å²) in [4.78, 5) is 15.4. The van der Waals surface area contributed by atoms with Gasteiger partial charge >= 0.3 is 0 Å². The lowest BCUT2D eigenvalue weighted by atomic mass is 10.0. The summed E-state index contributed by atoms with van der Waals surface area (Å²) in [5, 5.41) is 0. The van der Waals surface area contributed by atoms with Crippen LogP contribution in [-0.4, -0.2) is 38.9 Å². The third-order valence-corrected chi connectivity index (χ3v) is 9.87. The van der Waals surface area contributed by atoms with Crippen molar-refractivity contribution in [3.63, 3.8) is 0 Å². The standard InChI is InChI=1S/C37H44N2O5S/c1-9-39(23-32-20-28(5)36(29(6)21-32)43-24-31-13-10-25(2)11-14-31)37(40)30(7)44-34-17-15-33(16-18-34)38(8)45(41,42)35-19-12-26(3)27(4)22-35/h10-22,30H,9,23-24H2,1-8H3. The van der Waals surface area contributed by atoms with Crippen LogP contribution in [0.1, 0.15) is 52.8 Å². The lowest BCUT2D eigenvalue weighted by Gasteiger charge is -2.26. The van der Waals surface area contributed by atoms with E-state index in [0.717, 1.165) is 39.1 Å². The summed E-state index contributed by atoms with van der Waals surface area (Å²) in [5.41, 5.74) is 7.84. The van der Waals surface area contributed by atoms with E-state index in [1.54, 1.807) is 48.2 Å². The minimum Gasteiger partial charge on any atom is -0.488 e. The second-order valence-electron chi connectivity index (χ2n) is 11.7. The first kappa shape index (κ1) is 33.6. The van der Waals surface area contributed by atoms with Crippen LogP contribution < -0.4 is 13.8 Å². The molecule has 0 aliphatic carbocycles. The Morgan fingerprint density at radius 1 is 0.778 bits per heavy atom. The van der Waals surface area contributed by atoms with Crippen LogP contribution in [0.2, 0.25) is 0 Å². The van der Waals surface area contributed by atoms with Crippen molar-refractivity contribution in [3.05, 3.63) is 118 Å². The third-order valence-electron chi connectivity index (χ3n) is 8.09. The first-order valence-corrected chi connectivity index (χ1v) is 16.6. The lowest BCUT2D eigenvalue weighted by molar-refractivity contribution is -0.138. The highest BCUT2D eigenvalue weighted by atomic mass is 32.2. The summed E-state index contributed by atoms with van der Waals surface area (Å²) < 4.78 is 39.8. The van der Waals surface area contributed by atoms with Crippen LogP contribution in [0.5, 0.6) is 11.5 Å². The fourth-order valence-electron chi connectivity index (χ4n) is 5.18. The summed E-state index contributed by atoms with van der Waals surface area (Å²) in [5.74, 6) is 1.21. The molecule has 0 aliphatic heterocycles.